The van der Waals surface area contributed by atoms with Crippen LogP contribution in [0.5, 0.6) is 0 Å². The summed E-state index contributed by atoms with van der Waals surface area (Å²) in [6, 6.07) is 2.41. The van der Waals surface area contributed by atoms with E-state index in [1.165, 1.54) is 6.92 Å². The van der Waals surface area contributed by atoms with E-state index in [2.05, 4.69) is 10.6 Å². The number of halogens is 2. The second kappa shape index (κ2) is 8.39. The van der Waals surface area contributed by atoms with Gasteiger partial charge in [0.15, 0.2) is 0 Å². The Hall–Kier alpha value is -1.73. The van der Waals surface area contributed by atoms with E-state index in [-0.39, 0.29) is 24.1 Å². The van der Waals surface area contributed by atoms with Crippen LogP contribution in [0.3, 0.4) is 0 Å². The van der Waals surface area contributed by atoms with Crippen molar-refractivity contribution in [3.8, 4) is 0 Å². The fourth-order valence-corrected chi connectivity index (χ4v) is 2.18. The van der Waals surface area contributed by atoms with Crippen molar-refractivity contribution in [2.75, 3.05) is 19.7 Å². The number of amides is 2. The first kappa shape index (κ1) is 20.3. The third-order valence-electron chi connectivity index (χ3n) is 3.85. The number of hydrogen-bond donors (Lipinski definition) is 4. The Labute approximate surface area is 141 Å². The molecular weight excluding hydrogens is 318 g/mol. The van der Waals surface area contributed by atoms with Crippen LogP contribution in [-0.2, 0) is 5.60 Å². The lowest BCUT2D eigenvalue weighted by Gasteiger charge is -2.25. The molecule has 24 heavy (non-hydrogen) atoms. The number of benzene rings is 1. The summed E-state index contributed by atoms with van der Waals surface area (Å²) in [5.74, 6) is -1.60. The lowest BCUT2D eigenvalue weighted by Crippen LogP contribution is -2.44. The summed E-state index contributed by atoms with van der Waals surface area (Å²) >= 11 is 0. The first-order valence-electron chi connectivity index (χ1n) is 7.88. The number of carbonyl (C=O) groups is 1. The number of aliphatic hydroxyl groups is 2. The molecule has 136 valence electrons. The monoisotopic (exact) mass is 344 g/mol. The molecular formula is C17H26F2N2O3. The minimum Gasteiger partial charge on any atom is -0.396 e. The van der Waals surface area contributed by atoms with Crippen molar-refractivity contribution in [1.29, 1.82) is 0 Å². The first-order chi connectivity index (χ1) is 11.1. The van der Waals surface area contributed by atoms with Crippen molar-refractivity contribution in [3.05, 3.63) is 35.4 Å². The van der Waals surface area contributed by atoms with Crippen molar-refractivity contribution in [2.45, 2.75) is 39.2 Å². The second-order valence-corrected chi connectivity index (χ2v) is 6.93. The molecule has 2 amide bonds. The van der Waals surface area contributed by atoms with Crippen LogP contribution in [-0.4, -0.2) is 35.9 Å². The van der Waals surface area contributed by atoms with Gasteiger partial charge in [-0.3, -0.25) is 0 Å². The fraction of sp³-hybridized carbons (Fsp3) is 0.588. The Morgan fingerprint density at radius 3 is 2.46 bits per heavy atom. The van der Waals surface area contributed by atoms with Gasteiger partial charge in [-0.1, -0.05) is 19.9 Å². The van der Waals surface area contributed by atoms with Crippen LogP contribution in [0, 0.1) is 17.0 Å². The summed E-state index contributed by atoms with van der Waals surface area (Å²) in [4.78, 5) is 11.7. The van der Waals surface area contributed by atoms with E-state index in [0.29, 0.717) is 19.0 Å². The number of urea groups is 1. The van der Waals surface area contributed by atoms with Crippen LogP contribution in [0.2, 0.25) is 0 Å². The molecule has 1 atom stereocenters. The Balaban J connectivity index is 2.43. The zero-order valence-corrected chi connectivity index (χ0v) is 14.3. The number of nitrogens with one attached hydrogen (secondary N) is 2. The maximum absolute atomic E-state index is 13.7. The van der Waals surface area contributed by atoms with E-state index in [4.69, 9.17) is 5.11 Å². The van der Waals surface area contributed by atoms with Crippen LogP contribution in [0.15, 0.2) is 18.2 Å². The van der Waals surface area contributed by atoms with E-state index in [1.807, 2.05) is 13.8 Å². The normalized spacial score (nSPS) is 14.1. The van der Waals surface area contributed by atoms with Crippen molar-refractivity contribution >= 4 is 6.03 Å². The van der Waals surface area contributed by atoms with Gasteiger partial charge in [-0.2, -0.15) is 0 Å². The van der Waals surface area contributed by atoms with Crippen molar-refractivity contribution in [2.24, 2.45) is 5.41 Å². The van der Waals surface area contributed by atoms with E-state index < -0.39 is 23.3 Å². The minimum absolute atomic E-state index is 0.0747. The number of carbonyl (C=O) groups excluding carboxylic acids is 1. The van der Waals surface area contributed by atoms with Crippen LogP contribution in [0.1, 0.15) is 39.2 Å². The second-order valence-electron chi connectivity index (χ2n) is 6.93. The average molecular weight is 344 g/mol. The molecule has 0 fully saturated rings. The van der Waals surface area contributed by atoms with Gasteiger partial charge in [0.2, 0.25) is 0 Å². The highest BCUT2D eigenvalue weighted by molar-refractivity contribution is 5.73. The van der Waals surface area contributed by atoms with Crippen LogP contribution in [0.4, 0.5) is 13.6 Å². The molecule has 0 bridgehead atoms. The van der Waals surface area contributed by atoms with E-state index in [1.54, 1.807) is 0 Å². The smallest absolute Gasteiger partial charge is 0.314 e. The Morgan fingerprint density at radius 2 is 1.88 bits per heavy atom. The molecule has 5 nitrogen and oxygen atoms in total. The molecule has 0 saturated carbocycles. The summed E-state index contributed by atoms with van der Waals surface area (Å²) in [6.45, 7) is 5.48. The van der Waals surface area contributed by atoms with Crippen molar-refractivity contribution < 1.29 is 23.8 Å². The SMILES string of the molecule is CC(C)(CO)CCCNC(=O)NCC(C)(O)c1ccc(F)cc1F. The standard InChI is InChI=1S/C17H26F2N2O3/c1-16(2,11-22)7-4-8-20-15(23)21-10-17(3,24)13-6-5-12(18)9-14(13)19/h5-6,9,22,24H,4,7-8,10-11H2,1-3H3,(H2,20,21,23). The van der Waals surface area contributed by atoms with Gasteiger partial charge in [-0.25, -0.2) is 13.6 Å². The highest BCUT2D eigenvalue weighted by Crippen LogP contribution is 2.23. The molecule has 0 aliphatic carbocycles. The number of aliphatic hydroxyl groups excluding tert-OH is 1. The molecule has 1 aromatic rings. The Kier molecular flexibility index (Phi) is 7.10. The predicted octanol–water partition coefficient (Wildman–Crippen LogP) is 2.27. The van der Waals surface area contributed by atoms with Gasteiger partial charge in [0.05, 0.1) is 6.54 Å². The highest BCUT2D eigenvalue weighted by atomic mass is 19.1. The van der Waals surface area contributed by atoms with Crippen molar-refractivity contribution in [3.63, 3.8) is 0 Å². The summed E-state index contributed by atoms with van der Waals surface area (Å²) in [7, 11) is 0. The van der Waals surface area contributed by atoms with E-state index in [9.17, 15) is 18.7 Å². The van der Waals surface area contributed by atoms with Gasteiger partial charge in [0.1, 0.15) is 17.2 Å². The van der Waals surface area contributed by atoms with Crippen LogP contribution in [0.25, 0.3) is 0 Å². The Bertz CT molecular complexity index is 563. The third-order valence-corrected chi connectivity index (χ3v) is 3.85. The van der Waals surface area contributed by atoms with Crippen LogP contribution < -0.4 is 10.6 Å². The molecule has 1 unspecified atom stereocenters. The molecule has 0 heterocycles. The maximum atomic E-state index is 13.7. The largest absolute Gasteiger partial charge is 0.396 e. The number of rotatable bonds is 8. The molecule has 0 saturated heterocycles. The molecule has 0 radical (unpaired) electrons. The summed E-state index contributed by atoms with van der Waals surface area (Å²) in [5, 5.41) is 24.5. The molecule has 4 N–H and O–H groups in total. The molecule has 7 heteroatoms. The topological polar surface area (TPSA) is 81.6 Å². The zero-order chi connectivity index (χ0) is 18.4. The summed E-state index contributed by atoms with van der Waals surface area (Å²) in [5.41, 5.74) is -1.94. The third kappa shape index (κ3) is 6.41. The first-order valence-corrected chi connectivity index (χ1v) is 7.88. The average Bonchev–Trinajstić information content (AvgIpc) is 2.49. The molecule has 0 aliphatic heterocycles. The van der Waals surface area contributed by atoms with Crippen molar-refractivity contribution in [1.82, 2.24) is 10.6 Å². The lowest BCUT2D eigenvalue weighted by atomic mass is 9.89. The fourth-order valence-electron chi connectivity index (χ4n) is 2.18. The van der Waals surface area contributed by atoms with Gasteiger partial charge in [-0.05, 0) is 31.2 Å². The van der Waals surface area contributed by atoms with Crippen LogP contribution >= 0.6 is 0 Å². The van der Waals surface area contributed by atoms with E-state index >= 15 is 0 Å². The summed E-state index contributed by atoms with van der Waals surface area (Å²) in [6.07, 6.45) is 1.45. The zero-order valence-electron chi connectivity index (χ0n) is 14.3. The highest BCUT2D eigenvalue weighted by Gasteiger charge is 2.27. The summed E-state index contributed by atoms with van der Waals surface area (Å²) < 4.78 is 26.6. The predicted molar refractivity (Wildman–Crippen MR) is 87.4 cm³/mol. The van der Waals surface area contributed by atoms with Gasteiger partial charge < -0.3 is 20.8 Å². The van der Waals surface area contributed by atoms with Gasteiger partial charge in [0, 0.05) is 24.8 Å². The molecule has 0 aromatic heterocycles. The maximum Gasteiger partial charge on any atom is 0.314 e. The minimum atomic E-state index is -1.66. The quantitative estimate of drug-likeness (QED) is 0.546. The molecule has 0 spiro atoms. The van der Waals surface area contributed by atoms with Gasteiger partial charge in [-0.15, -0.1) is 0 Å². The van der Waals surface area contributed by atoms with Gasteiger partial charge in [0.25, 0.3) is 0 Å². The molecule has 1 aromatic carbocycles. The van der Waals surface area contributed by atoms with E-state index in [0.717, 1.165) is 18.6 Å². The lowest BCUT2D eigenvalue weighted by molar-refractivity contribution is 0.0555. The Morgan fingerprint density at radius 1 is 1.21 bits per heavy atom. The van der Waals surface area contributed by atoms with Gasteiger partial charge >= 0.3 is 6.03 Å². The molecule has 1 rings (SSSR count). The molecule has 0 aliphatic rings. The number of hydrogen-bond acceptors (Lipinski definition) is 3.